The molecule has 1 heterocycles. The van der Waals surface area contributed by atoms with Crippen molar-refractivity contribution in [3.05, 3.63) is 0 Å². The molecule has 0 radical (unpaired) electrons. The van der Waals surface area contributed by atoms with Crippen molar-refractivity contribution in [3.8, 4) is 0 Å². The van der Waals surface area contributed by atoms with E-state index in [0.29, 0.717) is 11.9 Å². The number of nitrogens with one attached hydrogen (secondary N) is 2. The van der Waals surface area contributed by atoms with Crippen molar-refractivity contribution >= 4 is 5.91 Å². The molecule has 1 aliphatic heterocycles. The maximum atomic E-state index is 12.6. The first kappa shape index (κ1) is 14.4. The number of amides is 1. The molecule has 0 aromatic carbocycles. The first-order valence-corrected chi connectivity index (χ1v) is 8.57. The zero-order chi connectivity index (χ0) is 14.2. The van der Waals surface area contributed by atoms with Gasteiger partial charge in [-0.15, -0.1) is 0 Å². The monoisotopic (exact) mass is 278 g/mol. The molecule has 4 atom stereocenters. The fraction of sp³-hybridized carbons (Fsp3) is 0.941. The second-order valence-electron chi connectivity index (χ2n) is 7.98. The van der Waals surface area contributed by atoms with E-state index in [0.717, 1.165) is 24.8 Å². The molecule has 0 aromatic rings. The predicted molar refractivity (Wildman–Crippen MR) is 81.4 cm³/mol. The van der Waals surface area contributed by atoms with Crippen molar-refractivity contribution in [3.63, 3.8) is 0 Å². The van der Waals surface area contributed by atoms with Gasteiger partial charge < -0.3 is 10.6 Å². The summed E-state index contributed by atoms with van der Waals surface area (Å²) in [5, 5.41) is 6.89. The van der Waals surface area contributed by atoms with E-state index in [-0.39, 0.29) is 11.3 Å². The van der Waals surface area contributed by atoms with Crippen molar-refractivity contribution < 1.29 is 4.79 Å². The summed E-state index contributed by atoms with van der Waals surface area (Å²) in [5.41, 5.74) is 0.189. The van der Waals surface area contributed by atoms with Crippen LogP contribution in [-0.4, -0.2) is 25.0 Å². The highest BCUT2D eigenvalue weighted by Crippen LogP contribution is 2.41. The fourth-order valence-corrected chi connectivity index (χ4v) is 4.71. The Morgan fingerprint density at radius 2 is 1.90 bits per heavy atom. The number of rotatable bonds is 2. The summed E-state index contributed by atoms with van der Waals surface area (Å²) in [4.78, 5) is 12.6. The quantitative estimate of drug-likeness (QED) is 0.815. The second kappa shape index (κ2) is 5.67. The molecule has 1 amide bonds. The third-order valence-corrected chi connectivity index (χ3v) is 6.12. The van der Waals surface area contributed by atoms with Gasteiger partial charge in [-0.1, -0.05) is 26.7 Å². The van der Waals surface area contributed by atoms with Gasteiger partial charge in [-0.05, 0) is 62.4 Å². The van der Waals surface area contributed by atoms with Crippen LogP contribution in [0.4, 0.5) is 0 Å². The van der Waals surface area contributed by atoms with Crippen LogP contribution in [0.1, 0.15) is 58.8 Å². The van der Waals surface area contributed by atoms with E-state index >= 15 is 0 Å². The van der Waals surface area contributed by atoms with Gasteiger partial charge in [0.1, 0.15) is 0 Å². The zero-order valence-electron chi connectivity index (χ0n) is 13.1. The maximum absolute atomic E-state index is 12.6. The molecule has 0 aromatic heterocycles. The van der Waals surface area contributed by atoms with Crippen molar-refractivity contribution in [1.82, 2.24) is 10.6 Å². The predicted octanol–water partition coefficient (Wildman–Crippen LogP) is 2.71. The van der Waals surface area contributed by atoms with Crippen LogP contribution < -0.4 is 10.6 Å². The Kier molecular flexibility index (Phi) is 4.07. The van der Waals surface area contributed by atoms with E-state index in [1.54, 1.807) is 0 Å². The third kappa shape index (κ3) is 2.88. The van der Waals surface area contributed by atoms with Gasteiger partial charge in [-0.25, -0.2) is 0 Å². The molecule has 3 nitrogen and oxygen atoms in total. The molecule has 2 aliphatic carbocycles. The van der Waals surface area contributed by atoms with Crippen molar-refractivity contribution in [2.24, 2.45) is 23.2 Å². The summed E-state index contributed by atoms with van der Waals surface area (Å²) < 4.78 is 0. The molecule has 2 N–H and O–H groups in total. The molecule has 3 heteroatoms. The standard InChI is InChI=1S/C17H30N2O/c1-17(2)8-4-3-5-15(17)16(20)19-14-7-6-12-10-18-11-13(12)9-14/h12-15,18H,3-11H2,1-2H3,(H,19,20)/t12-,13+,14?,15?/m0/s1. The van der Waals surface area contributed by atoms with Gasteiger partial charge in [-0.3, -0.25) is 4.79 Å². The Morgan fingerprint density at radius 1 is 1.10 bits per heavy atom. The molecule has 114 valence electrons. The molecule has 3 fully saturated rings. The normalized spacial score (nSPS) is 40.1. The van der Waals surface area contributed by atoms with Crippen molar-refractivity contribution in [1.29, 1.82) is 0 Å². The van der Waals surface area contributed by atoms with E-state index in [1.165, 1.54) is 45.1 Å². The number of carbonyl (C=O) groups excluding carboxylic acids is 1. The number of hydrogen-bond acceptors (Lipinski definition) is 2. The van der Waals surface area contributed by atoms with E-state index in [2.05, 4.69) is 24.5 Å². The zero-order valence-corrected chi connectivity index (χ0v) is 13.1. The average Bonchev–Trinajstić information content (AvgIpc) is 2.85. The Hall–Kier alpha value is -0.570. The Labute approximate surface area is 123 Å². The third-order valence-electron chi connectivity index (χ3n) is 6.12. The van der Waals surface area contributed by atoms with Crippen LogP contribution in [0.5, 0.6) is 0 Å². The molecule has 20 heavy (non-hydrogen) atoms. The summed E-state index contributed by atoms with van der Waals surface area (Å²) in [6.07, 6.45) is 8.45. The van der Waals surface area contributed by atoms with Crippen LogP contribution >= 0.6 is 0 Å². The fourth-order valence-electron chi connectivity index (χ4n) is 4.71. The minimum Gasteiger partial charge on any atom is -0.353 e. The topological polar surface area (TPSA) is 41.1 Å². The Bertz CT molecular complexity index is 366. The molecule has 0 spiro atoms. The minimum absolute atomic E-state index is 0.189. The first-order chi connectivity index (χ1) is 9.56. The Balaban J connectivity index is 1.56. The molecule has 2 unspecified atom stereocenters. The summed E-state index contributed by atoms with van der Waals surface area (Å²) >= 11 is 0. The van der Waals surface area contributed by atoms with Gasteiger partial charge in [0.05, 0.1) is 0 Å². The minimum atomic E-state index is 0.189. The van der Waals surface area contributed by atoms with Crippen LogP contribution in [0.15, 0.2) is 0 Å². The van der Waals surface area contributed by atoms with Gasteiger partial charge in [-0.2, -0.15) is 0 Å². The average molecular weight is 278 g/mol. The van der Waals surface area contributed by atoms with E-state index in [1.807, 2.05) is 0 Å². The highest BCUT2D eigenvalue weighted by Gasteiger charge is 2.39. The van der Waals surface area contributed by atoms with Gasteiger partial charge in [0.25, 0.3) is 0 Å². The van der Waals surface area contributed by atoms with Gasteiger partial charge in [0, 0.05) is 12.0 Å². The molecule has 0 bridgehead atoms. The van der Waals surface area contributed by atoms with E-state index < -0.39 is 0 Å². The van der Waals surface area contributed by atoms with Gasteiger partial charge in [0.2, 0.25) is 5.91 Å². The summed E-state index contributed by atoms with van der Waals surface area (Å²) in [7, 11) is 0. The van der Waals surface area contributed by atoms with Crippen LogP contribution in [0.2, 0.25) is 0 Å². The summed E-state index contributed by atoms with van der Waals surface area (Å²) in [5.74, 6) is 2.24. The maximum Gasteiger partial charge on any atom is 0.223 e. The highest BCUT2D eigenvalue weighted by molar-refractivity contribution is 5.79. The summed E-state index contributed by atoms with van der Waals surface area (Å²) in [6.45, 7) is 6.90. The molecule has 3 aliphatic rings. The molecule has 1 saturated heterocycles. The lowest BCUT2D eigenvalue weighted by Crippen LogP contribution is -2.47. The van der Waals surface area contributed by atoms with E-state index in [4.69, 9.17) is 0 Å². The lowest BCUT2D eigenvalue weighted by molar-refractivity contribution is -0.131. The summed E-state index contributed by atoms with van der Waals surface area (Å²) in [6, 6.07) is 0.432. The van der Waals surface area contributed by atoms with E-state index in [9.17, 15) is 4.79 Å². The molecule has 2 saturated carbocycles. The van der Waals surface area contributed by atoms with Crippen molar-refractivity contribution in [2.75, 3.05) is 13.1 Å². The van der Waals surface area contributed by atoms with Crippen LogP contribution in [0, 0.1) is 23.2 Å². The molecular weight excluding hydrogens is 248 g/mol. The largest absolute Gasteiger partial charge is 0.353 e. The smallest absolute Gasteiger partial charge is 0.223 e. The van der Waals surface area contributed by atoms with Crippen LogP contribution in [0.3, 0.4) is 0 Å². The lowest BCUT2D eigenvalue weighted by Gasteiger charge is -2.39. The number of carbonyl (C=O) groups is 1. The number of hydrogen-bond donors (Lipinski definition) is 2. The first-order valence-electron chi connectivity index (χ1n) is 8.57. The van der Waals surface area contributed by atoms with Crippen LogP contribution in [0.25, 0.3) is 0 Å². The lowest BCUT2D eigenvalue weighted by atomic mass is 9.68. The number of fused-ring (bicyclic) bond motifs is 1. The van der Waals surface area contributed by atoms with Crippen molar-refractivity contribution in [2.45, 2.75) is 64.8 Å². The Morgan fingerprint density at radius 3 is 2.70 bits per heavy atom. The highest BCUT2D eigenvalue weighted by atomic mass is 16.2. The SMILES string of the molecule is CC1(C)CCCCC1C(=O)NC1CC[C@H]2CNC[C@H]2C1. The second-order valence-corrected chi connectivity index (χ2v) is 7.98. The molecule has 3 rings (SSSR count). The van der Waals surface area contributed by atoms with Gasteiger partial charge >= 0.3 is 0 Å². The molecular formula is C17H30N2O. The van der Waals surface area contributed by atoms with Crippen LogP contribution in [-0.2, 0) is 4.79 Å². The van der Waals surface area contributed by atoms with Gasteiger partial charge in [0.15, 0.2) is 0 Å².